The summed E-state index contributed by atoms with van der Waals surface area (Å²) in [5, 5.41) is 7.36. The second-order valence-corrected chi connectivity index (χ2v) is 5.71. The second kappa shape index (κ2) is 5.49. The van der Waals surface area contributed by atoms with Crippen molar-refractivity contribution in [2.75, 3.05) is 13.1 Å². The smallest absolute Gasteiger partial charge is 0.228 e. The molecule has 114 valence electrons. The van der Waals surface area contributed by atoms with E-state index in [9.17, 15) is 4.79 Å². The van der Waals surface area contributed by atoms with Crippen LogP contribution in [0.25, 0.3) is 11.4 Å². The molecule has 4 rings (SSSR count). The third kappa shape index (κ3) is 2.37. The van der Waals surface area contributed by atoms with Crippen LogP contribution in [0.1, 0.15) is 18.7 Å². The minimum atomic E-state index is 0.217. The Morgan fingerprint density at radius 2 is 2.41 bits per heavy atom. The maximum Gasteiger partial charge on any atom is 0.228 e. The molecule has 2 atom stereocenters. The van der Waals surface area contributed by atoms with Gasteiger partial charge in [0.2, 0.25) is 17.6 Å². The normalized spacial score (nSPS) is 24.0. The van der Waals surface area contributed by atoms with Gasteiger partial charge >= 0.3 is 0 Å². The van der Waals surface area contributed by atoms with E-state index in [-0.39, 0.29) is 5.91 Å². The zero-order chi connectivity index (χ0) is 14.9. The number of amides is 1. The number of fused-ring (bicyclic) bond motifs is 1. The average molecular weight is 299 g/mol. The van der Waals surface area contributed by atoms with Crippen LogP contribution in [0.5, 0.6) is 0 Å². The molecule has 2 aromatic heterocycles. The molecule has 0 saturated carbocycles. The maximum atomic E-state index is 12.0. The van der Waals surface area contributed by atoms with Crippen molar-refractivity contribution in [3.63, 3.8) is 0 Å². The Morgan fingerprint density at radius 3 is 3.27 bits per heavy atom. The molecule has 0 bridgehead atoms. The Labute approximate surface area is 127 Å². The number of aromatic nitrogens is 3. The van der Waals surface area contributed by atoms with E-state index in [1.165, 1.54) is 0 Å². The molecule has 4 heterocycles. The Morgan fingerprint density at radius 1 is 1.45 bits per heavy atom. The van der Waals surface area contributed by atoms with Gasteiger partial charge in [0.25, 0.3) is 0 Å². The predicted molar refractivity (Wildman–Crippen MR) is 77.8 cm³/mol. The Bertz CT molecular complexity index is 672. The number of hydrogen-bond donors (Lipinski definition) is 1. The Balaban J connectivity index is 1.42. The van der Waals surface area contributed by atoms with E-state index >= 15 is 0 Å². The van der Waals surface area contributed by atoms with Gasteiger partial charge in [0.05, 0.1) is 0 Å². The standard InChI is InChI=1S/C15H17N5O2/c21-14-8-11-12(3-6-17-11)20(14)7-4-13-18-15(19-22-13)10-2-1-5-16-9-10/h1-2,5,9,11-12,17H,3-4,6-8H2/t11-,12-/m1/s1. The third-order valence-electron chi connectivity index (χ3n) is 4.38. The van der Waals surface area contributed by atoms with Crippen molar-refractivity contribution in [2.24, 2.45) is 0 Å². The molecule has 22 heavy (non-hydrogen) atoms. The summed E-state index contributed by atoms with van der Waals surface area (Å²) < 4.78 is 5.28. The zero-order valence-electron chi connectivity index (χ0n) is 12.1. The third-order valence-corrected chi connectivity index (χ3v) is 4.38. The van der Waals surface area contributed by atoms with Crippen molar-refractivity contribution in [1.29, 1.82) is 0 Å². The molecule has 7 heteroatoms. The molecule has 0 radical (unpaired) electrons. The number of rotatable bonds is 4. The fourth-order valence-corrected chi connectivity index (χ4v) is 3.30. The van der Waals surface area contributed by atoms with Crippen LogP contribution in [0, 0.1) is 0 Å². The summed E-state index contributed by atoms with van der Waals surface area (Å²) in [6.45, 7) is 1.63. The van der Waals surface area contributed by atoms with Gasteiger partial charge in [-0.3, -0.25) is 9.78 Å². The first-order valence-corrected chi connectivity index (χ1v) is 7.57. The molecule has 1 amide bonds. The number of nitrogens with one attached hydrogen (secondary N) is 1. The maximum absolute atomic E-state index is 12.0. The first kappa shape index (κ1) is 13.4. The van der Waals surface area contributed by atoms with Crippen molar-refractivity contribution in [2.45, 2.75) is 31.3 Å². The van der Waals surface area contributed by atoms with E-state index in [1.54, 1.807) is 12.4 Å². The lowest BCUT2D eigenvalue weighted by molar-refractivity contribution is -0.129. The van der Waals surface area contributed by atoms with Gasteiger partial charge in [-0.1, -0.05) is 5.16 Å². The Kier molecular flexibility index (Phi) is 3.34. The molecule has 7 nitrogen and oxygen atoms in total. The van der Waals surface area contributed by atoms with Gasteiger partial charge in [0.1, 0.15) is 0 Å². The molecule has 0 spiro atoms. The first-order chi connectivity index (χ1) is 10.8. The highest BCUT2D eigenvalue weighted by atomic mass is 16.5. The van der Waals surface area contributed by atoms with Gasteiger partial charge < -0.3 is 14.7 Å². The summed E-state index contributed by atoms with van der Waals surface area (Å²) in [6, 6.07) is 4.37. The van der Waals surface area contributed by atoms with Crippen LogP contribution in [0.2, 0.25) is 0 Å². The summed E-state index contributed by atoms with van der Waals surface area (Å²) in [7, 11) is 0. The molecular formula is C15H17N5O2. The summed E-state index contributed by atoms with van der Waals surface area (Å²) >= 11 is 0. The number of hydrogen-bond acceptors (Lipinski definition) is 6. The van der Waals surface area contributed by atoms with Gasteiger partial charge in [0, 0.05) is 49.4 Å². The molecular weight excluding hydrogens is 282 g/mol. The summed E-state index contributed by atoms with van der Waals surface area (Å²) in [6.07, 6.45) is 5.63. The van der Waals surface area contributed by atoms with Crippen molar-refractivity contribution in [1.82, 2.24) is 25.3 Å². The largest absolute Gasteiger partial charge is 0.339 e. The average Bonchev–Trinajstić information content (AvgIpc) is 3.23. The molecule has 2 aromatic rings. The lowest BCUT2D eigenvalue weighted by Crippen LogP contribution is -2.37. The monoisotopic (exact) mass is 299 g/mol. The lowest BCUT2D eigenvalue weighted by atomic mass is 10.1. The minimum absolute atomic E-state index is 0.217. The second-order valence-electron chi connectivity index (χ2n) is 5.71. The lowest BCUT2D eigenvalue weighted by Gasteiger charge is -2.22. The van der Waals surface area contributed by atoms with Crippen LogP contribution in [-0.4, -0.2) is 51.1 Å². The predicted octanol–water partition coefficient (Wildman–Crippen LogP) is 0.637. The van der Waals surface area contributed by atoms with E-state index in [0.717, 1.165) is 18.5 Å². The molecule has 1 N–H and O–H groups in total. The van der Waals surface area contributed by atoms with Crippen molar-refractivity contribution in [3.8, 4) is 11.4 Å². The molecule has 2 aliphatic rings. The number of pyridine rings is 1. The number of nitrogens with zero attached hydrogens (tertiary/aromatic N) is 4. The van der Waals surface area contributed by atoms with Crippen molar-refractivity contribution >= 4 is 5.91 Å². The highest BCUT2D eigenvalue weighted by Crippen LogP contribution is 2.26. The van der Waals surface area contributed by atoms with Crippen molar-refractivity contribution in [3.05, 3.63) is 30.4 Å². The van der Waals surface area contributed by atoms with Gasteiger partial charge in [-0.2, -0.15) is 4.98 Å². The Hall–Kier alpha value is -2.28. The SMILES string of the molecule is O=C1C[C@H]2NCC[C@H]2N1CCc1nc(-c2cccnc2)no1. The van der Waals surface area contributed by atoms with Crippen LogP contribution in [-0.2, 0) is 11.2 Å². The number of likely N-dealkylation sites (tertiary alicyclic amines) is 1. The van der Waals surface area contributed by atoms with Crippen LogP contribution < -0.4 is 5.32 Å². The molecule has 2 fully saturated rings. The van der Waals surface area contributed by atoms with Crippen molar-refractivity contribution < 1.29 is 9.32 Å². The first-order valence-electron chi connectivity index (χ1n) is 7.57. The van der Waals surface area contributed by atoms with Gasteiger partial charge in [-0.15, -0.1) is 0 Å². The van der Waals surface area contributed by atoms with Crippen LogP contribution in [0.4, 0.5) is 0 Å². The number of carbonyl (C=O) groups is 1. The van der Waals surface area contributed by atoms with E-state index in [2.05, 4.69) is 20.4 Å². The molecule has 2 aliphatic heterocycles. The van der Waals surface area contributed by atoms with Crippen LogP contribution in [0.15, 0.2) is 29.0 Å². The van der Waals surface area contributed by atoms with E-state index in [0.29, 0.717) is 43.2 Å². The summed E-state index contributed by atoms with van der Waals surface area (Å²) in [5.74, 6) is 1.31. The minimum Gasteiger partial charge on any atom is -0.339 e. The molecule has 2 saturated heterocycles. The summed E-state index contributed by atoms with van der Waals surface area (Å²) in [5.41, 5.74) is 0.829. The van der Waals surface area contributed by atoms with E-state index < -0.39 is 0 Å². The topological polar surface area (TPSA) is 84.2 Å². The fraction of sp³-hybridized carbons (Fsp3) is 0.467. The van der Waals surface area contributed by atoms with Gasteiger partial charge in [-0.25, -0.2) is 0 Å². The number of carbonyl (C=O) groups excluding carboxylic acids is 1. The molecule has 0 aromatic carbocycles. The fourth-order valence-electron chi connectivity index (χ4n) is 3.30. The zero-order valence-corrected chi connectivity index (χ0v) is 12.1. The highest BCUT2D eigenvalue weighted by Gasteiger charge is 2.42. The van der Waals surface area contributed by atoms with E-state index in [4.69, 9.17) is 4.52 Å². The quantitative estimate of drug-likeness (QED) is 0.892. The molecule has 0 aliphatic carbocycles. The van der Waals surface area contributed by atoms with Crippen LogP contribution in [0.3, 0.4) is 0 Å². The van der Waals surface area contributed by atoms with Gasteiger partial charge in [0.15, 0.2) is 0 Å². The van der Waals surface area contributed by atoms with Gasteiger partial charge in [-0.05, 0) is 25.1 Å². The highest BCUT2D eigenvalue weighted by molar-refractivity contribution is 5.80. The molecule has 0 unspecified atom stereocenters. The summed E-state index contributed by atoms with van der Waals surface area (Å²) in [4.78, 5) is 22.4. The van der Waals surface area contributed by atoms with Crippen LogP contribution >= 0.6 is 0 Å². The van der Waals surface area contributed by atoms with E-state index in [1.807, 2.05) is 17.0 Å².